The van der Waals surface area contributed by atoms with Crippen LogP contribution in [-0.4, -0.2) is 33.8 Å². The highest BCUT2D eigenvalue weighted by Gasteiger charge is 2.14. The van der Waals surface area contributed by atoms with E-state index >= 15 is 0 Å². The Balaban J connectivity index is 1.61. The third kappa shape index (κ3) is 9.69. The van der Waals surface area contributed by atoms with Crippen LogP contribution >= 0.6 is 11.8 Å². The van der Waals surface area contributed by atoms with Crippen molar-refractivity contribution in [1.82, 2.24) is 9.55 Å². The standard InChI is InChI=1S/C21H38N2OS/c1-2-3-4-5-9-16-25-21(17-23-14-13-22-19-23)18-24-15-12-20-10-7-6-8-11-20/h13-14,19-21H,2-12,15-18H2,1H3. The van der Waals surface area contributed by atoms with Crippen LogP contribution in [0.1, 0.15) is 77.6 Å². The zero-order valence-electron chi connectivity index (χ0n) is 16.2. The number of imidazole rings is 1. The van der Waals surface area contributed by atoms with Crippen LogP contribution in [-0.2, 0) is 11.3 Å². The molecule has 0 aromatic carbocycles. The Morgan fingerprint density at radius 1 is 1.16 bits per heavy atom. The normalized spacial score (nSPS) is 17.0. The predicted octanol–water partition coefficient (Wildman–Crippen LogP) is 5.94. The Morgan fingerprint density at radius 3 is 2.76 bits per heavy atom. The molecule has 1 fully saturated rings. The Bertz CT molecular complexity index is 404. The minimum Gasteiger partial charge on any atom is -0.380 e. The average molecular weight is 367 g/mol. The van der Waals surface area contributed by atoms with Gasteiger partial charge in [-0.1, -0.05) is 64.7 Å². The van der Waals surface area contributed by atoms with Crippen LogP contribution in [0.3, 0.4) is 0 Å². The van der Waals surface area contributed by atoms with Crippen molar-refractivity contribution in [3.8, 4) is 0 Å². The molecular weight excluding hydrogens is 328 g/mol. The second-order valence-electron chi connectivity index (χ2n) is 7.53. The van der Waals surface area contributed by atoms with Gasteiger partial charge in [0.1, 0.15) is 0 Å². The fraction of sp³-hybridized carbons (Fsp3) is 0.857. The monoisotopic (exact) mass is 366 g/mol. The van der Waals surface area contributed by atoms with E-state index in [9.17, 15) is 0 Å². The second-order valence-corrected chi connectivity index (χ2v) is 8.94. The van der Waals surface area contributed by atoms with E-state index in [0.29, 0.717) is 5.25 Å². The largest absolute Gasteiger partial charge is 0.380 e. The van der Waals surface area contributed by atoms with E-state index in [1.807, 2.05) is 12.5 Å². The number of rotatable bonds is 14. The summed E-state index contributed by atoms with van der Waals surface area (Å²) in [5.74, 6) is 2.18. The van der Waals surface area contributed by atoms with E-state index < -0.39 is 0 Å². The summed E-state index contributed by atoms with van der Waals surface area (Å²) in [6.07, 6.45) is 21.1. The van der Waals surface area contributed by atoms with Gasteiger partial charge in [0.05, 0.1) is 12.9 Å². The first-order chi connectivity index (χ1) is 12.4. The first-order valence-electron chi connectivity index (χ1n) is 10.5. The lowest BCUT2D eigenvalue weighted by molar-refractivity contribution is 0.112. The van der Waals surface area contributed by atoms with Crippen molar-refractivity contribution in [1.29, 1.82) is 0 Å². The molecule has 0 saturated heterocycles. The molecular formula is C21H38N2OS. The summed E-state index contributed by atoms with van der Waals surface area (Å²) in [5, 5.41) is 0.548. The van der Waals surface area contributed by atoms with Crippen molar-refractivity contribution in [2.75, 3.05) is 19.0 Å². The quantitative estimate of drug-likeness (QED) is 0.381. The van der Waals surface area contributed by atoms with Crippen LogP contribution in [0.25, 0.3) is 0 Å². The maximum Gasteiger partial charge on any atom is 0.0946 e. The van der Waals surface area contributed by atoms with Crippen LogP contribution in [0.5, 0.6) is 0 Å². The molecule has 1 unspecified atom stereocenters. The molecule has 3 nitrogen and oxygen atoms in total. The highest BCUT2D eigenvalue weighted by Crippen LogP contribution is 2.26. The molecule has 0 spiro atoms. The zero-order chi connectivity index (χ0) is 17.6. The molecule has 1 aromatic heterocycles. The highest BCUT2D eigenvalue weighted by molar-refractivity contribution is 7.99. The van der Waals surface area contributed by atoms with Crippen LogP contribution in [0, 0.1) is 5.92 Å². The van der Waals surface area contributed by atoms with Crippen molar-refractivity contribution >= 4 is 11.8 Å². The zero-order valence-corrected chi connectivity index (χ0v) is 17.0. The van der Waals surface area contributed by atoms with Gasteiger partial charge in [-0.25, -0.2) is 4.98 Å². The van der Waals surface area contributed by atoms with Crippen molar-refractivity contribution < 1.29 is 4.74 Å². The predicted molar refractivity (Wildman–Crippen MR) is 109 cm³/mol. The minimum absolute atomic E-state index is 0.548. The van der Waals surface area contributed by atoms with Gasteiger partial charge in [0.25, 0.3) is 0 Å². The summed E-state index contributed by atoms with van der Waals surface area (Å²) in [7, 11) is 0. The van der Waals surface area contributed by atoms with E-state index in [2.05, 4.69) is 34.4 Å². The van der Waals surface area contributed by atoms with Gasteiger partial charge in [-0.15, -0.1) is 0 Å². The summed E-state index contributed by atoms with van der Waals surface area (Å²) < 4.78 is 8.28. The number of thioether (sulfide) groups is 1. The van der Waals surface area contributed by atoms with E-state index in [1.54, 1.807) is 0 Å². The summed E-state index contributed by atoms with van der Waals surface area (Å²) in [6, 6.07) is 0. The number of hydrogen-bond donors (Lipinski definition) is 0. The highest BCUT2D eigenvalue weighted by atomic mass is 32.2. The van der Waals surface area contributed by atoms with Gasteiger partial charge in [-0.05, 0) is 24.5 Å². The molecule has 1 heterocycles. The second kappa shape index (κ2) is 13.7. The lowest BCUT2D eigenvalue weighted by Gasteiger charge is -2.22. The Hall–Kier alpha value is -0.480. The van der Waals surface area contributed by atoms with Gasteiger partial charge in [-0.2, -0.15) is 11.8 Å². The van der Waals surface area contributed by atoms with Gasteiger partial charge >= 0.3 is 0 Å². The van der Waals surface area contributed by atoms with Gasteiger partial charge in [0, 0.05) is 30.8 Å². The van der Waals surface area contributed by atoms with E-state index in [-0.39, 0.29) is 0 Å². The maximum absolute atomic E-state index is 6.09. The number of unbranched alkanes of at least 4 members (excludes halogenated alkanes) is 4. The molecule has 25 heavy (non-hydrogen) atoms. The number of nitrogens with zero attached hydrogens (tertiary/aromatic N) is 2. The SMILES string of the molecule is CCCCCCCSC(COCCC1CCCCC1)Cn1ccnc1. The molecule has 0 N–H and O–H groups in total. The lowest BCUT2D eigenvalue weighted by atomic mass is 9.87. The molecule has 144 valence electrons. The Kier molecular flexibility index (Phi) is 11.4. The van der Waals surface area contributed by atoms with Crippen LogP contribution in [0.2, 0.25) is 0 Å². The van der Waals surface area contributed by atoms with Crippen molar-refractivity contribution in [3.63, 3.8) is 0 Å². The van der Waals surface area contributed by atoms with Gasteiger partial charge in [0.15, 0.2) is 0 Å². The third-order valence-electron chi connectivity index (χ3n) is 5.27. The fourth-order valence-corrected chi connectivity index (χ4v) is 4.85. The minimum atomic E-state index is 0.548. The molecule has 0 aliphatic heterocycles. The first-order valence-corrected chi connectivity index (χ1v) is 11.6. The first kappa shape index (κ1) is 20.8. The van der Waals surface area contributed by atoms with Gasteiger partial charge in [0.2, 0.25) is 0 Å². The van der Waals surface area contributed by atoms with Crippen molar-refractivity contribution in [2.24, 2.45) is 5.92 Å². The lowest BCUT2D eigenvalue weighted by Crippen LogP contribution is -2.20. The molecule has 0 radical (unpaired) electrons. The molecule has 1 aliphatic carbocycles. The Morgan fingerprint density at radius 2 is 2.00 bits per heavy atom. The average Bonchev–Trinajstić information content (AvgIpc) is 3.15. The summed E-state index contributed by atoms with van der Waals surface area (Å²) in [4.78, 5) is 4.18. The topological polar surface area (TPSA) is 27.1 Å². The van der Waals surface area contributed by atoms with Crippen molar-refractivity contribution in [3.05, 3.63) is 18.7 Å². The number of ether oxygens (including phenoxy) is 1. The molecule has 1 aliphatic rings. The van der Waals surface area contributed by atoms with Crippen LogP contribution in [0.15, 0.2) is 18.7 Å². The van der Waals surface area contributed by atoms with Crippen LogP contribution < -0.4 is 0 Å². The maximum atomic E-state index is 6.09. The van der Waals surface area contributed by atoms with Gasteiger partial charge < -0.3 is 9.30 Å². The van der Waals surface area contributed by atoms with Crippen molar-refractivity contribution in [2.45, 2.75) is 89.3 Å². The third-order valence-corrected chi connectivity index (χ3v) is 6.55. The summed E-state index contributed by atoms with van der Waals surface area (Å²) in [6.45, 7) is 5.12. The molecule has 1 aromatic rings. The molecule has 0 bridgehead atoms. The molecule has 4 heteroatoms. The summed E-state index contributed by atoms with van der Waals surface area (Å²) in [5.41, 5.74) is 0. The van der Waals surface area contributed by atoms with Gasteiger partial charge in [-0.3, -0.25) is 0 Å². The summed E-state index contributed by atoms with van der Waals surface area (Å²) >= 11 is 2.09. The van der Waals surface area contributed by atoms with E-state index in [1.165, 1.54) is 76.4 Å². The smallest absolute Gasteiger partial charge is 0.0946 e. The van der Waals surface area contributed by atoms with E-state index in [4.69, 9.17) is 4.74 Å². The molecule has 1 atom stereocenters. The fourth-order valence-electron chi connectivity index (χ4n) is 3.68. The molecule has 0 amide bonds. The molecule has 2 rings (SSSR count). The van der Waals surface area contributed by atoms with Crippen LogP contribution in [0.4, 0.5) is 0 Å². The number of hydrogen-bond acceptors (Lipinski definition) is 3. The number of aromatic nitrogens is 2. The molecule has 1 saturated carbocycles. The Labute approximate surface area is 159 Å². The van der Waals surface area contributed by atoms with E-state index in [0.717, 1.165) is 25.7 Å².